The number of phenols is 2. The lowest BCUT2D eigenvalue weighted by atomic mass is 10.1. The summed E-state index contributed by atoms with van der Waals surface area (Å²) in [5.41, 5.74) is 0.515. The van der Waals surface area contributed by atoms with Gasteiger partial charge in [-0.05, 0) is 53.9 Å². The monoisotopic (exact) mass is 253 g/mol. The van der Waals surface area contributed by atoms with Crippen LogP contribution in [0.4, 0.5) is 0 Å². The Morgan fingerprint density at radius 1 is 0.842 bits per heavy atom. The van der Waals surface area contributed by atoms with Crippen molar-refractivity contribution in [3.05, 3.63) is 65.1 Å². The largest absolute Gasteiger partial charge is 0.508 e. The summed E-state index contributed by atoms with van der Waals surface area (Å²) in [6.45, 7) is 0. The van der Waals surface area contributed by atoms with Crippen LogP contribution in [0.2, 0.25) is 0 Å². The first kappa shape index (κ1) is 11.3. The van der Waals surface area contributed by atoms with Gasteiger partial charge >= 0.3 is 0 Å². The molecular formula is C15H11NO3. The number of aromatic nitrogens is 1. The van der Waals surface area contributed by atoms with Gasteiger partial charge in [-0.2, -0.15) is 0 Å². The molecule has 0 aliphatic carbocycles. The van der Waals surface area contributed by atoms with Crippen LogP contribution in [0.5, 0.6) is 11.5 Å². The number of hydrogen-bond donors (Lipinski definition) is 2. The van der Waals surface area contributed by atoms with Crippen LogP contribution in [0.25, 0.3) is 16.5 Å². The Labute approximate surface area is 108 Å². The smallest absolute Gasteiger partial charge is 0.262 e. The molecular weight excluding hydrogens is 242 g/mol. The summed E-state index contributed by atoms with van der Waals surface area (Å²) in [6, 6.07) is 12.8. The van der Waals surface area contributed by atoms with Crippen molar-refractivity contribution in [3.63, 3.8) is 0 Å². The fourth-order valence-corrected chi connectivity index (χ4v) is 2.05. The zero-order valence-corrected chi connectivity index (χ0v) is 9.95. The van der Waals surface area contributed by atoms with Crippen LogP contribution >= 0.6 is 0 Å². The molecule has 4 heteroatoms. The highest BCUT2D eigenvalue weighted by Gasteiger charge is 2.05. The highest BCUT2D eigenvalue weighted by Crippen LogP contribution is 2.18. The van der Waals surface area contributed by atoms with Crippen molar-refractivity contribution in [3.8, 4) is 17.2 Å². The summed E-state index contributed by atoms with van der Waals surface area (Å²) in [5.74, 6) is 0.289. The number of hydrogen-bond acceptors (Lipinski definition) is 3. The molecule has 3 aromatic rings. The molecule has 1 heterocycles. The quantitative estimate of drug-likeness (QED) is 0.700. The molecule has 0 atom stereocenters. The van der Waals surface area contributed by atoms with Gasteiger partial charge in [0.1, 0.15) is 11.5 Å². The third-order valence-electron chi connectivity index (χ3n) is 3.02. The van der Waals surface area contributed by atoms with Crippen LogP contribution in [0.15, 0.2) is 59.5 Å². The van der Waals surface area contributed by atoms with E-state index in [1.165, 1.54) is 22.8 Å². The maximum atomic E-state index is 12.3. The molecule has 94 valence electrons. The van der Waals surface area contributed by atoms with Gasteiger partial charge in [-0.1, -0.05) is 0 Å². The molecule has 3 rings (SSSR count). The summed E-state index contributed by atoms with van der Waals surface area (Å²) in [6.07, 6.45) is 1.65. The van der Waals surface area contributed by atoms with Gasteiger partial charge < -0.3 is 10.2 Å². The molecule has 0 bridgehead atoms. The van der Waals surface area contributed by atoms with Crippen molar-refractivity contribution >= 4 is 10.8 Å². The molecule has 1 aromatic heterocycles. The van der Waals surface area contributed by atoms with E-state index in [-0.39, 0.29) is 17.1 Å². The maximum absolute atomic E-state index is 12.3. The van der Waals surface area contributed by atoms with Crippen molar-refractivity contribution in [2.75, 3.05) is 0 Å². The second-order valence-electron chi connectivity index (χ2n) is 4.28. The average molecular weight is 253 g/mol. The molecule has 0 aliphatic rings. The number of benzene rings is 2. The summed E-state index contributed by atoms with van der Waals surface area (Å²) in [7, 11) is 0. The Morgan fingerprint density at radius 3 is 2.26 bits per heavy atom. The SMILES string of the molecule is O=c1c2ccc(O)cc2ccn1-c1ccc(O)cc1. The first-order valence-corrected chi connectivity index (χ1v) is 5.79. The Bertz CT molecular complexity index is 804. The number of pyridine rings is 1. The first-order chi connectivity index (χ1) is 9.15. The molecule has 0 fully saturated rings. The summed E-state index contributed by atoms with van der Waals surface area (Å²) >= 11 is 0. The molecule has 19 heavy (non-hydrogen) atoms. The molecule has 2 N–H and O–H groups in total. The van der Waals surface area contributed by atoms with Gasteiger partial charge in [-0.3, -0.25) is 9.36 Å². The van der Waals surface area contributed by atoms with Crippen LogP contribution < -0.4 is 5.56 Å². The van der Waals surface area contributed by atoms with E-state index in [1.54, 1.807) is 36.5 Å². The molecule has 0 amide bonds. The Balaban J connectivity index is 2.26. The predicted molar refractivity (Wildman–Crippen MR) is 72.9 cm³/mol. The van der Waals surface area contributed by atoms with Gasteiger partial charge in [-0.25, -0.2) is 0 Å². The van der Waals surface area contributed by atoms with Gasteiger partial charge in [0.2, 0.25) is 0 Å². The molecule has 0 radical (unpaired) electrons. The van der Waals surface area contributed by atoms with E-state index in [1.807, 2.05) is 0 Å². The van der Waals surface area contributed by atoms with E-state index >= 15 is 0 Å². The van der Waals surface area contributed by atoms with Crippen molar-refractivity contribution < 1.29 is 10.2 Å². The molecule has 0 saturated carbocycles. The van der Waals surface area contributed by atoms with E-state index < -0.39 is 0 Å². The molecule has 0 spiro atoms. The highest BCUT2D eigenvalue weighted by molar-refractivity contribution is 5.83. The van der Waals surface area contributed by atoms with Gasteiger partial charge in [0.25, 0.3) is 5.56 Å². The van der Waals surface area contributed by atoms with Crippen LogP contribution in [-0.2, 0) is 0 Å². The van der Waals surface area contributed by atoms with Gasteiger partial charge in [-0.15, -0.1) is 0 Å². The molecule has 0 unspecified atom stereocenters. The zero-order valence-electron chi connectivity index (χ0n) is 9.95. The molecule has 0 saturated heterocycles. The van der Waals surface area contributed by atoms with E-state index in [2.05, 4.69) is 0 Å². The topological polar surface area (TPSA) is 62.5 Å². The number of rotatable bonds is 1. The second-order valence-corrected chi connectivity index (χ2v) is 4.28. The van der Waals surface area contributed by atoms with Gasteiger partial charge in [0.05, 0.1) is 0 Å². The fraction of sp³-hybridized carbons (Fsp3) is 0. The van der Waals surface area contributed by atoms with E-state index in [4.69, 9.17) is 0 Å². The Hall–Kier alpha value is -2.75. The minimum absolute atomic E-state index is 0.134. The van der Waals surface area contributed by atoms with Crippen molar-refractivity contribution in [2.24, 2.45) is 0 Å². The van der Waals surface area contributed by atoms with Gasteiger partial charge in [0.15, 0.2) is 0 Å². The fourth-order valence-electron chi connectivity index (χ4n) is 2.05. The number of nitrogens with zero attached hydrogens (tertiary/aromatic N) is 1. The predicted octanol–water partition coefficient (Wildman–Crippen LogP) is 2.40. The lowest BCUT2D eigenvalue weighted by Crippen LogP contribution is -2.17. The summed E-state index contributed by atoms with van der Waals surface area (Å²) in [5, 5.41) is 19.9. The third-order valence-corrected chi connectivity index (χ3v) is 3.02. The zero-order chi connectivity index (χ0) is 13.4. The lowest BCUT2D eigenvalue weighted by Gasteiger charge is -2.07. The van der Waals surface area contributed by atoms with Crippen LogP contribution in [0.1, 0.15) is 0 Å². The van der Waals surface area contributed by atoms with E-state index in [9.17, 15) is 15.0 Å². The summed E-state index contributed by atoms with van der Waals surface area (Å²) in [4.78, 5) is 12.3. The highest BCUT2D eigenvalue weighted by atomic mass is 16.3. The van der Waals surface area contributed by atoms with E-state index in [0.717, 1.165) is 0 Å². The maximum Gasteiger partial charge on any atom is 0.262 e. The molecule has 4 nitrogen and oxygen atoms in total. The molecule has 2 aromatic carbocycles. The Kier molecular flexibility index (Phi) is 2.49. The minimum Gasteiger partial charge on any atom is -0.508 e. The minimum atomic E-state index is -0.164. The number of aromatic hydroxyl groups is 2. The normalized spacial score (nSPS) is 10.7. The van der Waals surface area contributed by atoms with Crippen LogP contribution in [-0.4, -0.2) is 14.8 Å². The first-order valence-electron chi connectivity index (χ1n) is 5.79. The standard InChI is InChI=1S/C15H11NO3/c17-12-3-1-11(2-4-12)16-8-7-10-9-13(18)5-6-14(10)15(16)19/h1-9,17-18H. The summed E-state index contributed by atoms with van der Waals surface area (Å²) < 4.78 is 1.50. The lowest BCUT2D eigenvalue weighted by molar-refractivity contribution is 0.475. The van der Waals surface area contributed by atoms with Gasteiger partial charge in [0, 0.05) is 17.3 Å². The van der Waals surface area contributed by atoms with Crippen LogP contribution in [0.3, 0.4) is 0 Å². The number of fused-ring (bicyclic) bond motifs is 1. The van der Waals surface area contributed by atoms with Crippen molar-refractivity contribution in [2.45, 2.75) is 0 Å². The van der Waals surface area contributed by atoms with E-state index in [0.29, 0.717) is 16.5 Å². The Morgan fingerprint density at radius 2 is 1.53 bits per heavy atom. The number of phenolic OH excluding ortho intramolecular Hbond substituents is 2. The second kappa shape index (κ2) is 4.17. The average Bonchev–Trinajstić information content (AvgIpc) is 2.40. The van der Waals surface area contributed by atoms with Crippen molar-refractivity contribution in [1.29, 1.82) is 0 Å². The molecule has 0 aliphatic heterocycles. The van der Waals surface area contributed by atoms with Crippen molar-refractivity contribution in [1.82, 2.24) is 4.57 Å². The third kappa shape index (κ3) is 1.93. The van der Waals surface area contributed by atoms with Crippen LogP contribution in [0, 0.1) is 0 Å².